The lowest BCUT2D eigenvalue weighted by atomic mass is 9.89. The lowest BCUT2D eigenvalue weighted by Gasteiger charge is -2.20. The lowest BCUT2D eigenvalue weighted by Crippen LogP contribution is -2.25. The van der Waals surface area contributed by atoms with E-state index >= 15 is 0 Å². The van der Waals surface area contributed by atoms with Crippen molar-refractivity contribution in [2.24, 2.45) is 5.92 Å². The SMILES string of the molecule is O=C(Nc1ccc(NC2CC2)cn1)C1CCCCC1. The summed E-state index contributed by atoms with van der Waals surface area (Å²) in [5.74, 6) is 0.979. The molecule has 2 N–H and O–H groups in total. The van der Waals surface area contributed by atoms with Crippen LogP contribution in [0.5, 0.6) is 0 Å². The molecule has 4 heteroatoms. The van der Waals surface area contributed by atoms with Gasteiger partial charge < -0.3 is 10.6 Å². The second-order valence-electron chi connectivity index (χ2n) is 5.67. The topological polar surface area (TPSA) is 54.0 Å². The van der Waals surface area contributed by atoms with E-state index in [-0.39, 0.29) is 11.8 Å². The second kappa shape index (κ2) is 5.59. The van der Waals surface area contributed by atoms with Gasteiger partial charge in [-0.3, -0.25) is 4.79 Å². The van der Waals surface area contributed by atoms with E-state index in [1.54, 1.807) is 6.20 Å². The third-order valence-electron chi connectivity index (χ3n) is 3.94. The largest absolute Gasteiger partial charge is 0.381 e. The molecule has 0 aromatic carbocycles. The monoisotopic (exact) mass is 259 g/mol. The molecule has 0 radical (unpaired) electrons. The molecule has 19 heavy (non-hydrogen) atoms. The lowest BCUT2D eigenvalue weighted by molar-refractivity contribution is -0.120. The molecule has 0 unspecified atom stereocenters. The number of hydrogen-bond donors (Lipinski definition) is 2. The Balaban J connectivity index is 1.54. The number of rotatable bonds is 4. The summed E-state index contributed by atoms with van der Waals surface area (Å²) in [5, 5.41) is 6.31. The van der Waals surface area contributed by atoms with Crippen LogP contribution in [0.3, 0.4) is 0 Å². The number of anilines is 2. The summed E-state index contributed by atoms with van der Waals surface area (Å²) in [4.78, 5) is 16.4. The van der Waals surface area contributed by atoms with Crippen molar-refractivity contribution >= 4 is 17.4 Å². The molecule has 1 amide bonds. The molecule has 0 atom stereocenters. The van der Waals surface area contributed by atoms with Gasteiger partial charge in [0.2, 0.25) is 5.91 Å². The first-order valence-corrected chi connectivity index (χ1v) is 7.35. The minimum absolute atomic E-state index is 0.134. The maximum absolute atomic E-state index is 12.1. The predicted octanol–water partition coefficient (Wildman–Crippen LogP) is 3.17. The van der Waals surface area contributed by atoms with Crippen molar-refractivity contribution in [3.8, 4) is 0 Å². The Labute approximate surface area is 114 Å². The van der Waals surface area contributed by atoms with Gasteiger partial charge in [0.05, 0.1) is 11.9 Å². The smallest absolute Gasteiger partial charge is 0.228 e. The molecule has 2 aliphatic rings. The van der Waals surface area contributed by atoms with Crippen LogP contribution >= 0.6 is 0 Å². The van der Waals surface area contributed by atoms with Gasteiger partial charge in [-0.1, -0.05) is 19.3 Å². The summed E-state index contributed by atoms with van der Waals surface area (Å²) >= 11 is 0. The molecule has 0 spiro atoms. The van der Waals surface area contributed by atoms with Crippen molar-refractivity contribution < 1.29 is 4.79 Å². The van der Waals surface area contributed by atoms with Gasteiger partial charge in [0.1, 0.15) is 5.82 Å². The third kappa shape index (κ3) is 3.46. The number of amides is 1. The van der Waals surface area contributed by atoms with Gasteiger partial charge in [-0.05, 0) is 37.8 Å². The van der Waals surface area contributed by atoms with Crippen LogP contribution in [0.1, 0.15) is 44.9 Å². The molecular formula is C15H21N3O. The molecule has 102 valence electrons. The number of pyridine rings is 1. The Bertz CT molecular complexity index is 433. The molecule has 0 bridgehead atoms. The fraction of sp³-hybridized carbons (Fsp3) is 0.600. The van der Waals surface area contributed by atoms with Gasteiger partial charge in [0, 0.05) is 12.0 Å². The van der Waals surface area contributed by atoms with Crippen LogP contribution in [0.4, 0.5) is 11.5 Å². The molecule has 1 aromatic heterocycles. The van der Waals surface area contributed by atoms with Crippen LogP contribution in [-0.2, 0) is 4.79 Å². The van der Waals surface area contributed by atoms with Crippen LogP contribution in [0, 0.1) is 5.92 Å². The van der Waals surface area contributed by atoms with E-state index in [9.17, 15) is 4.79 Å². The summed E-state index contributed by atoms with van der Waals surface area (Å²) in [7, 11) is 0. The van der Waals surface area contributed by atoms with Gasteiger partial charge in [-0.15, -0.1) is 0 Å². The quantitative estimate of drug-likeness (QED) is 0.873. The average molecular weight is 259 g/mol. The number of carbonyl (C=O) groups excluding carboxylic acids is 1. The van der Waals surface area contributed by atoms with Crippen molar-refractivity contribution in [2.75, 3.05) is 10.6 Å². The molecule has 3 rings (SSSR count). The summed E-state index contributed by atoms with van der Waals surface area (Å²) in [6.45, 7) is 0. The van der Waals surface area contributed by atoms with Crippen LogP contribution < -0.4 is 10.6 Å². The van der Waals surface area contributed by atoms with Crippen LogP contribution in [0.25, 0.3) is 0 Å². The first-order valence-electron chi connectivity index (χ1n) is 7.35. The molecule has 2 saturated carbocycles. The fourth-order valence-corrected chi connectivity index (χ4v) is 2.61. The van der Waals surface area contributed by atoms with E-state index in [4.69, 9.17) is 0 Å². The third-order valence-corrected chi connectivity index (χ3v) is 3.94. The van der Waals surface area contributed by atoms with Crippen molar-refractivity contribution in [3.05, 3.63) is 18.3 Å². The van der Waals surface area contributed by atoms with Gasteiger partial charge >= 0.3 is 0 Å². The standard InChI is InChI=1S/C15H21N3O/c19-15(11-4-2-1-3-5-11)18-14-9-8-13(10-16-14)17-12-6-7-12/h8-12,17H,1-7H2,(H,16,18,19). The zero-order chi connectivity index (χ0) is 13.1. The van der Waals surface area contributed by atoms with Crippen LogP contribution in [-0.4, -0.2) is 16.9 Å². The average Bonchev–Trinajstić information content (AvgIpc) is 3.26. The first-order chi connectivity index (χ1) is 9.31. The summed E-state index contributed by atoms with van der Waals surface area (Å²) in [6, 6.07) is 4.50. The fourth-order valence-electron chi connectivity index (χ4n) is 2.61. The number of nitrogens with one attached hydrogen (secondary N) is 2. The van der Waals surface area contributed by atoms with E-state index in [0.29, 0.717) is 11.9 Å². The zero-order valence-electron chi connectivity index (χ0n) is 11.2. The number of aromatic nitrogens is 1. The molecule has 0 saturated heterocycles. The van der Waals surface area contributed by atoms with Crippen molar-refractivity contribution in [2.45, 2.75) is 51.0 Å². The zero-order valence-corrected chi connectivity index (χ0v) is 11.2. The van der Waals surface area contributed by atoms with E-state index < -0.39 is 0 Å². The van der Waals surface area contributed by atoms with Gasteiger partial charge in [0.15, 0.2) is 0 Å². The molecule has 4 nitrogen and oxygen atoms in total. The first kappa shape index (κ1) is 12.5. The van der Waals surface area contributed by atoms with E-state index in [1.807, 2.05) is 12.1 Å². The molecular weight excluding hydrogens is 238 g/mol. The molecule has 0 aliphatic heterocycles. The van der Waals surface area contributed by atoms with E-state index in [1.165, 1.54) is 32.1 Å². The van der Waals surface area contributed by atoms with Crippen molar-refractivity contribution in [1.29, 1.82) is 0 Å². The Morgan fingerprint density at radius 3 is 2.53 bits per heavy atom. The molecule has 1 aromatic rings. The number of carbonyl (C=O) groups is 1. The number of hydrogen-bond acceptors (Lipinski definition) is 3. The molecule has 1 heterocycles. The van der Waals surface area contributed by atoms with Crippen molar-refractivity contribution in [3.63, 3.8) is 0 Å². The normalized spacial score (nSPS) is 20.0. The Hall–Kier alpha value is -1.58. The maximum atomic E-state index is 12.1. The highest BCUT2D eigenvalue weighted by Crippen LogP contribution is 2.26. The predicted molar refractivity (Wildman–Crippen MR) is 76.1 cm³/mol. The minimum Gasteiger partial charge on any atom is -0.381 e. The number of nitrogens with zero attached hydrogens (tertiary/aromatic N) is 1. The summed E-state index contributed by atoms with van der Waals surface area (Å²) < 4.78 is 0. The van der Waals surface area contributed by atoms with Crippen LogP contribution in [0.15, 0.2) is 18.3 Å². The van der Waals surface area contributed by atoms with E-state index in [2.05, 4.69) is 15.6 Å². The van der Waals surface area contributed by atoms with E-state index in [0.717, 1.165) is 18.5 Å². The second-order valence-corrected chi connectivity index (χ2v) is 5.67. The summed E-state index contributed by atoms with van der Waals surface area (Å²) in [5.41, 5.74) is 1.04. The molecule has 2 aliphatic carbocycles. The Morgan fingerprint density at radius 1 is 1.11 bits per heavy atom. The highest BCUT2D eigenvalue weighted by Gasteiger charge is 2.22. The maximum Gasteiger partial charge on any atom is 0.228 e. The summed E-state index contributed by atoms with van der Waals surface area (Å²) in [6.07, 6.45) is 9.96. The minimum atomic E-state index is 0.134. The Kier molecular flexibility index (Phi) is 3.67. The van der Waals surface area contributed by atoms with Crippen LogP contribution in [0.2, 0.25) is 0 Å². The Morgan fingerprint density at radius 2 is 1.89 bits per heavy atom. The van der Waals surface area contributed by atoms with Gasteiger partial charge in [-0.25, -0.2) is 4.98 Å². The van der Waals surface area contributed by atoms with Crippen molar-refractivity contribution in [1.82, 2.24) is 4.98 Å². The van der Waals surface area contributed by atoms with Gasteiger partial charge in [0.25, 0.3) is 0 Å². The molecule has 2 fully saturated rings. The highest BCUT2D eigenvalue weighted by molar-refractivity contribution is 5.91. The van der Waals surface area contributed by atoms with Gasteiger partial charge in [-0.2, -0.15) is 0 Å². The highest BCUT2D eigenvalue weighted by atomic mass is 16.1.